The van der Waals surface area contributed by atoms with Gasteiger partial charge in [0.05, 0.1) is 35.3 Å². The van der Waals surface area contributed by atoms with Crippen LogP contribution in [0, 0.1) is 0 Å². The van der Waals surface area contributed by atoms with Crippen molar-refractivity contribution in [2.45, 2.75) is 0 Å². The molecule has 0 amide bonds. The van der Waals surface area contributed by atoms with Crippen molar-refractivity contribution in [3.63, 3.8) is 0 Å². The summed E-state index contributed by atoms with van der Waals surface area (Å²) in [6.07, 6.45) is 2.89. The molecule has 3 aromatic carbocycles. The Morgan fingerprint density at radius 1 is 0.947 bits per heavy atom. The first-order valence-corrected chi connectivity index (χ1v) is 12.5. The zero-order chi connectivity index (χ0) is 27.2. The van der Waals surface area contributed by atoms with Crippen molar-refractivity contribution >= 4 is 51.6 Å². The predicted octanol–water partition coefficient (Wildman–Crippen LogP) is 5.00. The minimum absolute atomic E-state index is 0.0361. The third-order valence-electron chi connectivity index (χ3n) is 6.07. The molecule has 0 bridgehead atoms. The Kier molecular flexibility index (Phi) is 8.73. The number of nitrogens with two attached hydrogens (primary N) is 1. The zero-order valence-electron chi connectivity index (χ0n) is 20.9. The Morgan fingerprint density at radius 3 is 2.08 bits per heavy atom. The number of methoxy groups -OCH3 is 2. The highest BCUT2D eigenvalue weighted by Gasteiger charge is 2.22. The first kappa shape index (κ1) is 27.3. The monoisotopic (exact) mass is 555 g/mol. The maximum absolute atomic E-state index is 11.4. The van der Waals surface area contributed by atoms with Crippen LogP contribution in [-0.2, 0) is 0 Å². The highest BCUT2D eigenvalue weighted by atomic mass is 35.5. The molecule has 4 aromatic rings. The quantitative estimate of drug-likeness (QED) is 0.292. The van der Waals surface area contributed by atoms with Gasteiger partial charge in [0.25, 0.3) is 0 Å². The van der Waals surface area contributed by atoms with Crippen molar-refractivity contribution in [3.8, 4) is 22.6 Å². The molecule has 0 aliphatic carbocycles. The number of nitrogens with zero attached hydrogens (tertiary/aromatic N) is 3. The average molecular weight is 556 g/mol. The molecule has 0 spiro atoms. The summed E-state index contributed by atoms with van der Waals surface area (Å²) in [5, 5.41) is 13.2. The molecule has 5 rings (SSSR count). The number of nitrogen functional groups attached to an aromatic ring is 1. The van der Waals surface area contributed by atoms with Crippen molar-refractivity contribution in [1.82, 2.24) is 15.3 Å². The fourth-order valence-electron chi connectivity index (χ4n) is 4.16. The number of benzene rings is 3. The maximum Gasteiger partial charge on any atom is 0.337 e. The van der Waals surface area contributed by atoms with Crippen LogP contribution in [0.5, 0.6) is 11.5 Å². The molecule has 0 radical (unpaired) electrons. The van der Waals surface area contributed by atoms with E-state index in [2.05, 4.69) is 32.3 Å². The van der Waals surface area contributed by atoms with Gasteiger partial charge in [0, 0.05) is 67.1 Å². The van der Waals surface area contributed by atoms with Crippen LogP contribution in [0.15, 0.2) is 54.9 Å². The van der Waals surface area contributed by atoms with E-state index in [0.717, 1.165) is 31.9 Å². The zero-order valence-corrected chi connectivity index (χ0v) is 22.4. The molecule has 4 N–H and O–H groups in total. The third-order valence-corrected chi connectivity index (χ3v) is 6.82. The van der Waals surface area contributed by atoms with E-state index >= 15 is 0 Å². The summed E-state index contributed by atoms with van der Waals surface area (Å²) >= 11 is 12.9. The number of aromatic nitrogens is 2. The number of ether oxygens (including phenoxy) is 2. The average Bonchev–Trinajstić information content (AvgIpc) is 2.94. The minimum atomic E-state index is -1.10. The normalized spacial score (nSPS) is 13.0. The van der Waals surface area contributed by atoms with Gasteiger partial charge in [-0.3, -0.25) is 9.97 Å². The largest absolute Gasteiger partial charge is 0.495 e. The standard InChI is InChI=1S/C17H12Cl2N2O4.C10H15N3/c1-24-10-7-11(25-2)14(19)12(13(10)18)8-3-4-9(17(22)23)16-15(8)20-5-6-21-16;11-9-1-3-10(4-2-9)13-7-5-12-6-8-13/h3-7H,1-2H3,(H,22,23);1-4,12H,5-8,11H2. The Balaban J connectivity index is 0.000000216. The lowest BCUT2D eigenvalue weighted by Crippen LogP contribution is -2.43. The van der Waals surface area contributed by atoms with Crippen LogP contribution < -0.4 is 25.4 Å². The van der Waals surface area contributed by atoms with Crippen LogP contribution in [0.4, 0.5) is 11.4 Å². The summed E-state index contributed by atoms with van der Waals surface area (Å²) in [7, 11) is 2.95. The molecule has 198 valence electrons. The number of fused-ring (bicyclic) bond motifs is 1. The number of anilines is 2. The summed E-state index contributed by atoms with van der Waals surface area (Å²) in [5.74, 6) is -0.355. The third kappa shape index (κ3) is 5.70. The van der Waals surface area contributed by atoms with E-state index in [-0.39, 0.29) is 21.1 Å². The Hall–Kier alpha value is -3.79. The second kappa shape index (κ2) is 12.2. The summed E-state index contributed by atoms with van der Waals surface area (Å²) < 4.78 is 10.6. The molecule has 1 aliphatic heterocycles. The second-order valence-corrected chi connectivity index (χ2v) is 9.09. The van der Waals surface area contributed by atoms with E-state index in [0.29, 0.717) is 28.1 Å². The fraction of sp³-hybridized carbons (Fsp3) is 0.222. The fourth-order valence-corrected chi connectivity index (χ4v) is 4.87. The number of halogens is 2. The van der Waals surface area contributed by atoms with Crippen LogP contribution in [0.3, 0.4) is 0 Å². The first-order chi connectivity index (χ1) is 18.3. The van der Waals surface area contributed by atoms with Gasteiger partial charge in [-0.1, -0.05) is 29.3 Å². The number of hydrogen-bond donors (Lipinski definition) is 3. The molecule has 0 saturated carbocycles. The molecule has 9 nitrogen and oxygen atoms in total. The molecule has 2 heterocycles. The molecule has 1 aromatic heterocycles. The van der Waals surface area contributed by atoms with Gasteiger partial charge in [-0.25, -0.2) is 4.79 Å². The number of carboxylic acids is 1. The van der Waals surface area contributed by atoms with Crippen molar-refractivity contribution in [2.75, 3.05) is 51.0 Å². The summed E-state index contributed by atoms with van der Waals surface area (Å²) in [4.78, 5) is 22.2. The minimum Gasteiger partial charge on any atom is -0.495 e. The molecule has 11 heteroatoms. The predicted molar refractivity (Wildman–Crippen MR) is 151 cm³/mol. The van der Waals surface area contributed by atoms with E-state index in [4.69, 9.17) is 38.4 Å². The highest BCUT2D eigenvalue weighted by molar-refractivity contribution is 6.41. The van der Waals surface area contributed by atoms with E-state index in [1.807, 2.05) is 12.1 Å². The maximum atomic E-state index is 11.4. The molecular weight excluding hydrogens is 529 g/mol. The van der Waals surface area contributed by atoms with E-state index in [9.17, 15) is 9.90 Å². The van der Waals surface area contributed by atoms with Gasteiger partial charge in [-0.2, -0.15) is 0 Å². The molecule has 0 unspecified atom stereocenters. The van der Waals surface area contributed by atoms with Crippen LogP contribution in [0.1, 0.15) is 10.4 Å². The highest BCUT2D eigenvalue weighted by Crippen LogP contribution is 2.47. The molecular formula is C27H27Cl2N5O4. The topological polar surface area (TPSA) is 123 Å². The summed E-state index contributed by atoms with van der Waals surface area (Å²) in [6, 6.07) is 12.7. The van der Waals surface area contributed by atoms with Crippen molar-refractivity contribution in [1.29, 1.82) is 0 Å². The van der Waals surface area contributed by atoms with Crippen LogP contribution in [0.25, 0.3) is 22.2 Å². The Bertz CT molecular complexity index is 1420. The molecule has 38 heavy (non-hydrogen) atoms. The van der Waals surface area contributed by atoms with Crippen molar-refractivity contribution < 1.29 is 19.4 Å². The van der Waals surface area contributed by atoms with Crippen molar-refractivity contribution in [3.05, 3.63) is 70.5 Å². The Labute approximate surface area is 230 Å². The lowest BCUT2D eigenvalue weighted by atomic mass is 10.00. The van der Waals surface area contributed by atoms with Crippen LogP contribution in [-0.4, -0.2) is 61.4 Å². The number of rotatable bonds is 5. The first-order valence-electron chi connectivity index (χ1n) is 11.7. The lowest BCUT2D eigenvalue weighted by molar-refractivity contribution is 0.0699. The van der Waals surface area contributed by atoms with Gasteiger partial charge < -0.3 is 30.5 Å². The SMILES string of the molecule is COc1cc(OC)c(Cl)c(-c2ccc(C(=O)O)c3nccnc23)c1Cl.Nc1ccc(N2CCNCC2)cc1. The van der Waals surface area contributed by atoms with Crippen molar-refractivity contribution in [2.24, 2.45) is 0 Å². The summed E-state index contributed by atoms with van der Waals surface area (Å²) in [5.41, 5.74) is 9.33. The van der Waals surface area contributed by atoms with E-state index < -0.39 is 5.97 Å². The van der Waals surface area contributed by atoms with E-state index in [1.165, 1.54) is 38.4 Å². The molecule has 1 aliphatic rings. The van der Waals surface area contributed by atoms with E-state index in [1.54, 1.807) is 12.1 Å². The number of aromatic carboxylic acids is 1. The molecule has 1 fully saturated rings. The van der Waals surface area contributed by atoms with Gasteiger partial charge in [-0.05, 0) is 30.3 Å². The van der Waals surface area contributed by atoms with Gasteiger partial charge >= 0.3 is 5.97 Å². The smallest absolute Gasteiger partial charge is 0.337 e. The van der Waals surface area contributed by atoms with Gasteiger partial charge in [0.2, 0.25) is 0 Å². The lowest BCUT2D eigenvalue weighted by Gasteiger charge is -2.29. The van der Waals surface area contributed by atoms with Gasteiger partial charge in [-0.15, -0.1) is 0 Å². The van der Waals surface area contributed by atoms with Gasteiger partial charge in [0.15, 0.2) is 0 Å². The van der Waals surface area contributed by atoms with Crippen LogP contribution in [0.2, 0.25) is 10.0 Å². The van der Waals surface area contributed by atoms with Crippen LogP contribution >= 0.6 is 23.2 Å². The number of hydrogen-bond acceptors (Lipinski definition) is 8. The molecule has 0 atom stereocenters. The molecule has 1 saturated heterocycles. The number of carbonyl (C=O) groups is 1. The second-order valence-electron chi connectivity index (χ2n) is 8.33. The number of carboxylic acid groups (broad SMARTS) is 1. The van der Waals surface area contributed by atoms with Gasteiger partial charge in [0.1, 0.15) is 17.0 Å². The number of piperazine rings is 1. The number of nitrogens with one attached hydrogen (secondary N) is 1. The summed E-state index contributed by atoms with van der Waals surface area (Å²) in [6.45, 7) is 4.32. The Morgan fingerprint density at radius 2 is 1.53 bits per heavy atom.